The van der Waals surface area contributed by atoms with Crippen molar-refractivity contribution in [1.29, 1.82) is 0 Å². The lowest BCUT2D eigenvalue weighted by molar-refractivity contribution is -0.144. The maximum absolute atomic E-state index is 12.5. The molecule has 2 atom stereocenters. The fraction of sp³-hybridized carbons (Fsp3) is 0.958. The highest BCUT2D eigenvalue weighted by Gasteiger charge is 2.27. The zero-order chi connectivity index (χ0) is 21.9. The van der Waals surface area contributed by atoms with Crippen molar-refractivity contribution in [3.63, 3.8) is 0 Å². The van der Waals surface area contributed by atoms with Crippen molar-refractivity contribution >= 4 is 24.3 Å². The van der Waals surface area contributed by atoms with Gasteiger partial charge >= 0.3 is 15.3 Å². The van der Waals surface area contributed by atoms with Crippen LogP contribution in [0, 0.1) is 0 Å². The Kier molecular flexibility index (Phi) is 18.1. The van der Waals surface area contributed by atoms with Crippen molar-refractivity contribution in [3.8, 4) is 0 Å². The van der Waals surface area contributed by atoms with E-state index in [0.29, 0.717) is 0 Å². The van der Waals surface area contributed by atoms with Crippen LogP contribution in [0.25, 0.3) is 0 Å². The Morgan fingerprint density at radius 3 is 1.87 bits per heavy atom. The predicted molar refractivity (Wildman–Crippen MR) is 132 cm³/mol. The van der Waals surface area contributed by atoms with Crippen LogP contribution in [0.4, 0.5) is 0 Å². The molecular formula is C24H50O4Si2. The molecule has 2 unspecified atom stereocenters. The Hall–Kier alpha value is -0.176. The molecule has 1 aliphatic rings. The molecule has 0 saturated carbocycles. The predicted octanol–water partition coefficient (Wildman–Crippen LogP) is 6.80. The van der Waals surface area contributed by atoms with Gasteiger partial charge in [0.15, 0.2) is 9.04 Å². The van der Waals surface area contributed by atoms with E-state index in [4.69, 9.17) is 13.3 Å². The first kappa shape index (κ1) is 27.9. The van der Waals surface area contributed by atoms with E-state index in [1.165, 1.54) is 83.5 Å². The number of hydrogen-bond acceptors (Lipinski definition) is 4. The summed E-state index contributed by atoms with van der Waals surface area (Å²) in [6.45, 7) is 7.29. The van der Waals surface area contributed by atoms with Gasteiger partial charge in [-0.15, -0.1) is 0 Å². The van der Waals surface area contributed by atoms with Crippen LogP contribution in [0.5, 0.6) is 0 Å². The molecule has 0 N–H and O–H groups in total. The molecule has 0 radical (unpaired) electrons. The van der Waals surface area contributed by atoms with E-state index in [1.807, 2.05) is 0 Å². The van der Waals surface area contributed by atoms with Gasteiger partial charge in [0.05, 0.1) is 0 Å². The molecule has 6 heteroatoms. The Labute approximate surface area is 190 Å². The lowest BCUT2D eigenvalue weighted by atomic mass is 10.0. The third-order valence-electron chi connectivity index (χ3n) is 5.90. The zero-order valence-electron chi connectivity index (χ0n) is 20.3. The minimum absolute atomic E-state index is 0.149. The molecule has 178 valence electrons. The van der Waals surface area contributed by atoms with Crippen molar-refractivity contribution in [2.24, 2.45) is 0 Å². The third-order valence-corrected chi connectivity index (χ3v) is 8.76. The minimum atomic E-state index is -1.78. The highest BCUT2D eigenvalue weighted by atomic mass is 28.3. The lowest BCUT2D eigenvalue weighted by Gasteiger charge is -2.25. The Bertz CT molecular complexity index is 401. The molecule has 0 spiro atoms. The maximum atomic E-state index is 12.5. The van der Waals surface area contributed by atoms with Gasteiger partial charge in [-0.3, -0.25) is 4.79 Å². The van der Waals surface area contributed by atoms with Crippen molar-refractivity contribution in [1.82, 2.24) is 0 Å². The highest BCUT2D eigenvalue weighted by Crippen LogP contribution is 2.17. The minimum Gasteiger partial charge on any atom is -0.495 e. The van der Waals surface area contributed by atoms with Gasteiger partial charge in [-0.05, 0) is 38.4 Å². The molecule has 1 heterocycles. The largest absolute Gasteiger partial charge is 0.495 e. The Morgan fingerprint density at radius 2 is 1.40 bits per heavy atom. The number of unbranched alkanes of at least 4 members (excludes halogenated alkanes) is 13. The molecule has 1 rings (SSSR count). The van der Waals surface area contributed by atoms with Gasteiger partial charge in [0.25, 0.3) is 0 Å². The van der Waals surface area contributed by atoms with E-state index in [2.05, 4.69) is 20.0 Å². The summed E-state index contributed by atoms with van der Waals surface area (Å²) >= 11 is 0. The summed E-state index contributed by atoms with van der Waals surface area (Å²) in [6, 6.07) is 0.955. The van der Waals surface area contributed by atoms with Crippen molar-refractivity contribution < 1.29 is 18.1 Å². The Morgan fingerprint density at radius 1 is 0.867 bits per heavy atom. The summed E-state index contributed by atoms with van der Waals surface area (Å²) in [5, 5.41) is 0. The van der Waals surface area contributed by atoms with Crippen molar-refractivity contribution in [2.75, 3.05) is 6.61 Å². The van der Waals surface area contributed by atoms with Crippen LogP contribution in [0.1, 0.15) is 116 Å². The SMILES string of the molecule is CCCCCCCCCCCCCCCCC(O[SiH](C)C)C(=O)O[SiH]1CCCCO1. The molecule has 4 nitrogen and oxygen atoms in total. The topological polar surface area (TPSA) is 44.8 Å². The van der Waals surface area contributed by atoms with E-state index in [9.17, 15) is 4.79 Å². The fourth-order valence-electron chi connectivity index (χ4n) is 4.10. The summed E-state index contributed by atoms with van der Waals surface area (Å²) in [5.41, 5.74) is 0. The number of carbonyl (C=O) groups excluding carboxylic acids is 1. The number of rotatable bonds is 19. The molecule has 0 aromatic heterocycles. The average Bonchev–Trinajstić information content (AvgIpc) is 2.73. The number of hydrogen-bond donors (Lipinski definition) is 0. The van der Waals surface area contributed by atoms with Crippen LogP contribution in [-0.2, 0) is 18.1 Å². The second-order valence-electron chi connectivity index (χ2n) is 9.29. The van der Waals surface area contributed by atoms with Crippen LogP contribution < -0.4 is 0 Å². The first-order valence-electron chi connectivity index (χ1n) is 13.1. The molecule has 0 aromatic rings. The van der Waals surface area contributed by atoms with Crippen molar-refractivity contribution in [2.45, 2.75) is 141 Å². The van der Waals surface area contributed by atoms with Crippen LogP contribution in [0.2, 0.25) is 19.1 Å². The molecule has 30 heavy (non-hydrogen) atoms. The monoisotopic (exact) mass is 458 g/mol. The molecule has 0 bridgehead atoms. The van der Waals surface area contributed by atoms with E-state index >= 15 is 0 Å². The van der Waals surface area contributed by atoms with E-state index in [1.54, 1.807) is 0 Å². The molecule has 1 aliphatic heterocycles. The van der Waals surface area contributed by atoms with Gasteiger partial charge in [0, 0.05) is 6.61 Å². The number of carbonyl (C=O) groups is 1. The van der Waals surface area contributed by atoms with Gasteiger partial charge in [-0.2, -0.15) is 0 Å². The summed E-state index contributed by atoms with van der Waals surface area (Å²) in [5.74, 6) is -0.149. The van der Waals surface area contributed by atoms with Gasteiger partial charge in [-0.25, -0.2) is 0 Å². The smallest absolute Gasteiger partial charge is 0.385 e. The first-order chi connectivity index (χ1) is 14.6. The van der Waals surface area contributed by atoms with Crippen LogP contribution >= 0.6 is 0 Å². The lowest BCUT2D eigenvalue weighted by Crippen LogP contribution is -2.37. The molecule has 1 fully saturated rings. The van der Waals surface area contributed by atoms with E-state index in [-0.39, 0.29) is 12.1 Å². The maximum Gasteiger partial charge on any atom is 0.385 e. The van der Waals surface area contributed by atoms with Gasteiger partial charge in [0.2, 0.25) is 0 Å². The second-order valence-corrected chi connectivity index (χ2v) is 13.7. The zero-order valence-corrected chi connectivity index (χ0v) is 22.6. The summed E-state index contributed by atoms with van der Waals surface area (Å²) in [4.78, 5) is 12.5. The molecule has 1 saturated heterocycles. The second kappa shape index (κ2) is 19.5. The molecule has 0 aliphatic carbocycles. The highest BCUT2D eigenvalue weighted by molar-refractivity contribution is 6.49. The van der Waals surface area contributed by atoms with E-state index < -0.39 is 18.3 Å². The van der Waals surface area contributed by atoms with Crippen molar-refractivity contribution in [3.05, 3.63) is 0 Å². The third kappa shape index (κ3) is 15.6. The average molecular weight is 459 g/mol. The summed E-state index contributed by atoms with van der Waals surface area (Å²) < 4.78 is 17.4. The standard InChI is InChI=1S/C24H50O4Si2/c1-4-5-6-7-8-9-10-11-12-13-14-15-16-17-20-23(27-29(2)3)24(25)28-30-22-19-18-21-26-30/h23,29-30H,4-22H2,1-3H3. The van der Waals surface area contributed by atoms with Gasteiger partial charge in [-0.1, -0.05) is 96.8 Å². The quantitative estimate of drug-likeness (QED) is 0.158. The first-order valence-corrected chi connectivity index (χ1v) is 17.6. The van der Waals surface area contributed by atoms with Crippen LogP contribution in [0.3, 0.4) is 0 Å². The summed E-state index contributed by atoms with van der Waals surface area (Å²) in [6.07, 6.45) is 21.6. The normalized spacial score (nSPS) is 17.9. The molecular weight excluding hydrogens is 408 g/mol. The Balaban J connectivity index is 2.01. The fourth-order valence-corrected chi connectivity index (χ4v) is 6.82. The van der Waals surface area contributed by atoms with Gasteiger partial charge in [0.1, 0.15) is 6.10 Å². The van der Waals surface area contributed by atoms with Gasteiger partial charge < -0.3 is 13.3 Å². The van der Waals surface area contributed by atoms with Crippen LogP contribution in [0.15, 0.2) is 0 Å². The molecule has 0 aromatic carbocycles. The van der Waals surface area contributed by atoms with E-state index in [0.717, 1.165) is 38.3 Å². The molecule has 0 amide bonds. The summed E-state index contributed by atoms with van der Waals surface area (Å²) in [7, 11) is -3.04. The van der Waals surface area contributed by atoms with Crippen LogP contribution in [-0.4, -0.2) is 37.0 Å².